The van der Waals surface area contributed by atoms with Gasteiger partial charge < -0.3 is 0 Å². The molecule has 0 aromatic heterocycles. The van der Waals surface area contributed by atoms with Gasteiger partial charge in [0.05, 0.1) is 0 Å². The molecule has 24 heavy (non-hydrogen) atoms. The quantitative estimate of drug-likeness (QED) is 0.497. The van der Waals surface area contributed by atoms with Crippen molar-refractivity contribution < 1.29 is 0 Å². The Balaban J connectivity index is 1.46. The van der Waals surface area contributed by atoms with Crippen molar-refractivity contribution in [2.75, 3.05) is 0 Å². The number of hydrogen-bond donors (Lipinski definition) is 0. The van der Waals surface area contributed by atoms with E-state index in [-0.39, 0.29) is 0 Å². The van der Waals surface area contributed by atoms with Crippen LogP contribution in [0.15, 0.2) is 0 Å². The summed E-state index contributed by atoms with van der Waals surface area (Å²) in [6.45, 7) is 2.46. The van der Waals surface area contributed by atoms with Crippen LogP contribution in [0.4, 0.5) is 0 Å². The molecule has 0 N–H and O–H groups in total. The second-order valence-corrected chi connectivity index (χ2v) is 10.1. The van der Waals surface area contributed by atoms with Crippen LogP contribution in [0, 0.1) is 41.4 Å². The Morgan fingerprint density at radius 1 is 0.667 bits per heavy atom. The average molecular weight is 331 g/mol. The minimum Gasteiger partial charge on any atom is -0.0654 e. The fraction of sp³-hybridized carbons (Fsp3) is 1.00. The third kappa shape index (κ3) is 3.59. The van der Waals surface area contributed by atoms with Crippen molar-refractivity contribution in [2.45, 2.75) is 110 Å². The second kappa shape index (κ2) is 8.13. The topological polar surface area (TPSA) is 0 Å². The fourth-order valence-electron chi connectivity index (χ4n) is 7.95. The van der Waals surface area contributed by atoms with Crippen LogP contribution >= 0.6 is 0 Å². The molecule has 0 heterocycles. The first-order valence-electron chi connectivity index (χ1n) is 11.9. The van der Waals surface area contributed by atoms with Gasteiger partial charge in [-0.15, -0.1) is 0 Å². The molecule has 0 aliphatic heterocycles. The second-order valence-electron chi connectivity index (χ2n) is 10.1. The molecule has 4 aliphatic rings. The van der Waals surface area contributed by atoms with E-state index in [9.17, 15) is 0 Å². The van der Waals surface area contributed by atoms with E-state index in [1.807, 2.05) is 0 Å². The molecule has 0 aromatic carbocycles. The maximum absolute atomic E-state index is 2.46. The highest BCUT2D eigenvalue weighted by atomic mass is 14.5. The SMILES string of the molecule is CCCC(C1CCC2CCCCC2C1)C1CCCC2CCCCC21. The molecule has 0 aromatic rings. The third-order valence-corrected chi connectivity index (χ3v) is 8.99. The number of fused-ring (bicyclic) bond motifs is 2. The Hall–Kier alpha value is 0. The third-order valence-electron chi connectivity index (χ3n) is 8.99. The number of hydrogen-bond acceptors (Lipinski definition) is 0. The van der Waals surface area contributed by atoms with Gasteiger partial charge in [0.2, 0.25) is 0 Å². The average Bonchev–Trinajstić information content (AvgIpc) is 2.65. The van der Waals surface area contributed by atoms with E-state index in [0.717, 1.165) is 41.4 Å². The highest BCUT2D eigenvalue weighted by molar-refractivity contribution is 4.93. The van der Waals surface area contributed by atoms with E-state index in [2.05, 4.69) is 6.92 Å². The molecule has 4 saturated carbocycles. The molecular weight excluding hydrogens is 288 g/mol. The number of rotatable bonds is 4. The molecule has 138 valence electrons. The lowest BCUT2D eigenvalue weighted by atomic mass is 9.56. The summed E-state index contributed by atoms with van der Waals surface area (Å²) in [5, 5.41) is 0. The molecule has 4 rings (SSSR count). The van der Waals surface area contributed by atoms with Crippen molar-refractivity contribution in [1.82, 2.24) is 0 Å². The van der Waals surface area contributed by atoms with Gasteiger partial charge in [-0.05, 0) is 73.5 Å². The van der Waals surface area contributed by atoms with E-state index in [0.29, 0.717) is 0 Å². The molecule has 0 radical (unpaired) electrons. The first kappa shape index (κ1) is 17.4. The van der Waals surface area contributed by atoms with Crippen molar-refractivity contribution in [3.8, 4) is 0 Å². The van der Waals surface area contributed by atoms with Gasteiger partial charge in [-0.3, -0.25) is 0 Å². The Morgan fingerprint density at radius 3 is 2.21 bits per heavy atom. The maximum Gasteiger partial charge on any atom is -0.0352 e. The summed E-state index contributed by atoms with van der Waals surface area (Å²) in [6.07, 6.45) is 25.0. The fourth-order valence-corrected chi connectivity index (χ4v) is 7.95. The van der Waals surface area contributed by atoms with E-state index < -0.39 is 0 Å². The summed E-state index contributed by atoms with van der Waals surface area (Å²) >= 11 is 0. The Morgan fingerprint density at radius 2 is 1.38 bits per heavy atom. The predicted molar refractivity (Wildman–Crippen MR) is 104 cm³/mol. The summed E-state index contributed by atoms with van der Waals surface area (Å²) in [4.78, 5) is 0. The Labute approximate surface area is 151 Å². The van der Waals surface area contributed by atoms with Crippen molar-refractivity contribution in [2.24, 2.45) is 41.4 Å². The van der Waals surface area contributed by atoms with Crippen LogP contribution in [0.25, 0.3) is 0 Å². The van der Waals surface area contributed by atoms with Crippen molar-refractivity contribution in [1.29, 1.82) is 0 Å². The molecule has 4 aliphatic carbocycles. The van der Waals surface area contributed by atoms with Gasteiger partial charge in [0.25, 0.3) is 0 Å². The lowest BCUT2D eigenvalue weighted by molar-refractivity contribution is 0.00739. The molecule has 7 atom stereocenters. The maximum atomic E-state index is 2.46. The van der Waals surface area contributed by atoms with E-state index in [1.54, 1.807) is 89.9 Å². The van der Waals surface area contributed by atoms with Crippen LogP contribution in [-0.4, -0.2) is 0 Å². The molecule has 0 bridgehead atoms. The first-order valence-corrected chi connectivity index (χ1v) is 11.9. The first-order chi connectivity index (χ1) is 11.9. The van der Waals surface area contributed by atoms with Gasteiger partial charge in [-0.25, -0.2) is 0 Å². The summed E-state index contributed by atoms with van der Waals surface area (Å²) in [7, 11) is 0. The van der Waals surface area contributed by atoms with Gasteiger partial charge in [0, 0.05) is 0 Å². The van der Waals surface area contributed by atoms with Crippen molar-refractivity contribution >= 4 is 0 Å². The zero-order valence-electron chi connectivity index (χ0n) is 16.4. The van der Waals surface area contributed by atoms with E-state index >= 15 is 0 Å². The minimum atomic E-state index is 1.10. The summed E-state index contributed by atoms with van der Waals surface area (Å²) < 4.78 is 0. The summed E-state index contributed by atoms with van der Waals surface area (Å²) in [5.41, 5.74) is 0. The molecule has 0 amide bonds. The van der Waals surface area contributed by atoms with Gasteiger partial charge in [-0.1, -0.05) is 77.6 Å². The summed E-state index contributed by atoms with van der Waals surface area (Å²) in [6, 6.07) is 0. The highest BCUT2D eigenvalue weighted by Crippen LogP contribution is 2.53. The minimum absolute atomic E-state index is 1.10. The van der Waals surface area contributed by atoms with Crippen molar-refractivity contribution in [3.05, 3.63) is 0 Å². The lowest BCUT2D eigenvalue weighted by Crippen LogP contribution is -2.40. The monoisotopic (exact) mass is 330 g/mol. The molecular formula is C24H42. The van der Waals surface area contributed by atoms with Crippen LogP contribution in [-0.2, 0) is 0 Å². The van der Waals surface area contributed by atoms with Gasteiger partial charge >= 0.3 is 0 Å². The smallest absolute Gasteiger partial charge is 0.0352 e. The standard InChI is InChI=1S/C24H42/c1-2-8-22(21-16-15-18-9-3-4-11-20(18)17-21)24-14-7-12-19-10-5-6-13-23(19)24/h18-24H,2-17H2,1H3. The van der Waals surface area contributed by atoms with Gasteiger partial charge in [0.1, 0.15) is 0 Å². The van der Waals surface area contributed by atoms with E-state index in [1.165, 1.54) is 12.8 Å². The van der Waals surface area contributed by atoms with Gasteiger partial charge in [0.15, 0.2) is 0 Å². The van der Waals surface area contributed by atoms with Gasteiger partial charge in [-0.2, -0.15) is 0 Å². The van der Waals surface area contributed by atoms with Crippen LogP contribution < -0.4 is 0 Å². The normalized spacial score (nSPS) is 44.4. The zero-order chi connectivity index (χ0) is 16.4. The summed E-state index contributed by atoms with van der Waals surface area (Å²) in [5.74, 6) is 7.84. The van der Waals surface area contributed by atoms with Crippen molar-refractivity contribution in [3.63, 3.8) is 0 Å². The van der Waals surface area contributed by atoms with Crippen LogP contribution in [0.5, 0.6) is 0 Å². The molecule has 0 spiro atoms. The molecule has 0 nitrogen and oxygen atoms in total. The van der Waals surface area contributed by atoms with Crippen LogP contribution in [0.3, 0.4) is 0 Å². The highest BCUT2D eigenvalue weighted by Gasteiger charge is 2.43. The van der Waals surface area contributed by atoms with Crippen LogP contribution in [0.1, 0.15) is 110 Å². The molecule has 4 fully saturated rings. The largest absolute Gasteiger partial charge is 0.0654 e. The Kier molecular flexibility index (Phi) is 5.90. The molecule has 0 saturated heterocycles. The predicted octanol–water partition coefficient (Wildman–Crippen LogP) is 7.62. The Bertz CT molecular complexity index is 383. The molecule has 0 heteroatoms. The van der Waals surface area contributed by atoms with E-state index in [4.69, 9.17) is 0 Å². The zero-order valence-corrected chi connectivity index (χ0v) is 16.4. The molecule has 7 unspecified atom stereocenters. The van der Waals surface area contributed by atoms with Crippen LogP contribution in [0.2, 0.25) is 0 Å². The lowest BCUT2D eigenvalue weighted by Gasteiger charge is -2.49.